The van der Waals surface area contributed by atoms with Crippen molar-refractivity contribution in [2.45, 2.75) is 47.0 Å². The van der Waals surface area contributed by atoms with E-state index in [1.165, 1.54) is 0 Å². The fourth-order valence-corrected chi connectivity index (χ4v) is 1.94. The van der Waals surface area contributed by atoms with Gasteiger partial charge in [-0.1, -0.05) is 46.2 Å². The molecule has 0 aromatic heterocycles. The first-order chi connectivity index (χ1) is 9.83. The van der Waals surface area contributed by atoms with E-state index in [0.717, 1.165) is 12.8 Å². The molecule has 0 saturated carbocycles. The zero-order valence-corrected chi connectivity index (χ0v) is 13.5. The minimum Gasteiger partial charge on any atom is -0.352 e. The Hall–Kier alpha value is -1.84. The van der Waals surface area contributed by atoms with Crippen molar-refractivity contribution in [1.82, 2.24) is 5.32 Å². The Labute approximate surface area is 127 Å². The highest BCUT2D eigenvalue weighted by atomic mass is 16.2. The van der Waals surface area contributed by atoms with Crippen LogP contribution in [0.15, 0.2) is 24.3 Å². The van der Waals surface area contributed by atoms with Crippen LogP contribution in [0.4, 0.5) is 5.69 Å². The topological polar surface area (TPSA) is 58.2 Å². The van der Waals surface area contributed by atoms with Crippen LogP contribution >= 0.6 is 0 Å². The van der Waals surface area contributed by atoms with Gasteiger partial charge < -0.3 is 10.6 Å². The maximum atomic E-state index is 12.1. The van der Waals surface area contributed by atoms with Crippen molar-refractivity contribution in [3.63, 3.8) is 0 Å². The molecule has 0 atom stereocenters. The van der Waals surface area contributed by atoms with Crippen molar-refractivity contribution in [1.29, 1.82) is 0 Å². The Kier molecular flexibility index (Phi) is 6.40. The number of hydrogen-bond acceptors (Lipinski definition) is 2. The maximum absolute atomic E-state index is 12.1. The van der Waals surface area contributed by atoms with Gasteiger partial charge in [-0.25, -0.2) is 0 Å². The second-order valence-electron chi connectivity index (χ2n) is 6.44. The third-order valence-corrected chi connectivity index (χ3v) is 2.95. The lowest BCUT2D eigenvalue weighted by molar-refractivity contribution is -0.117. The molecule has 0 radical (unpaired) electrons. The monoisotopic (exact) mass is 290 g/mol. The lowest BCUT2D eigenvalue weighted by atomic mass is 9.92. The summed E-state index contributed by atoms with van der Waals surface area (Å²) in [6, 6.07) is 7.10. The average molecular weight is 290 g/mol. The van der Waals surface area contributed by atoms with Gasteiger partial charge in [-0.05, 0) is 24.0 Å². The summed E-state index contributed by atoms with van der Waals surface area (Å²) < 4.78 is 0. The summed E-state index contributed by atoms with van der Waals surface area (Å²) >= 11 is 0. The summed E-state index contributed by atoms with van der Waals surface area (Å²) in [5, 5.41) is 5.71. The van der Waals surface area contributed by atoms with Crippen LogP contribution in [0.25, 0.3) is 0 Å². The molecule has 0 heterocycles. The molecule has 0 bridgehead atoms. The van der Waals surface area contributed by atoms with Gasteiger partial charge in [-0.2, -0.15) is 0 Å². The first kappa shape index (κ1) is 17.2. The number of carbonyl (C=O) groups is 2. The van der Waals surface area contributed by atoms with Crippen molar-refractivity contribution < 1.29 is 9.59 Å². The van der Waals surface area contributed by atoms with Crippen LogP contribution in [0.5, 0.6) is 0 Å². The molecule has 0 unspecified atom stereocenters. The molecular formula is C17H26N2O2. The minimum absolute atomic E-state index is 0.0729. The summed E-state index contributed by atoms with van der Waals surface area (Å²) in [7, 11) is 0. The molecule has 21 heavy (non-hydrogen) atoms. The van der Waals surface area contributed by atoms with Crippen LogP contribution in [0, 0.1) is 5.41 Å². The molecule has 4 nitrogen and oxygen atoms in total. The Balaban J connectivity index is 2.75. The molecule has 116 valence electrons. The van der Waals surface area contributed by atoms with E-state index in [1.54, 1.807) is 18.2 Å². The van der Waals surface area contributed by atoms with E-state index in [-0.39, 0.29) is 17.2 Å². The maximum Gasteiger partial charge on any atom is 0.253 e. The van der Waals surface area contributed by atoms with E-state index in [4.69, 9.17) is 0 Å². The van der Waals surface area contributed by atoms with Gasteiger partial charge in [0.05, 0.1) is 11.3 Å². The molecule has 0 aliphatic rings. The van der Waals surface area contributed by atoms with E-state index in [2.05, 4.69) is 17.6 Å². The second kappa shape index (κ2) is 7.81. The van der Waals surface area contributed by atoms with Crippen LogP contribution in [0.2, 0.25) is 0 Å². The summed E-state index contributed by atoms with van der Waals surface area (Å²) in [6.45, 7) is 8.76. The molecule has 1 rings (SSSR count). The predicted molar refractivity (Wildman–Crippen MR) is 86.4 cm³/mol. The van der Waals surface area contributed by atoms with Crippen LogP contribution in [0.3, 0.4) is 0 Å². The molecule has 1 aromatic rings. The Bertz CT molecular complexity index is 490. The average Bonchev–Trinajstić information content (AvgIpc) is 2.37. The molecule has 0 fully saturated rings. The van der Waals surface area contributed by atoms with Gasteiger partial charge in [0.1, 0.15) is 0 Å². The second-order valence-corrected chi connectivity index (χ2v) is 6.44. The third-order valence-electron chi connectivity index (χ3n) is 2.95. The van der Waals surface area contributed by atoms with Crippen molar-refractivity contribution in [2.24, 2.45) is 5.41 Å². The van der Waals surface area contributed by atoms with E-state index in [9.17, 15) is 9.59 Å². The number of benzene rings is 1. The Morgan fingerprint density at radius 3 is 2.43 bits per heavy atom. The Morgan fingerprint density at radius 1 is 1.14 bits per heavy atom. The van der Waals surface area contributed by atoms with Crippen LogP contribution in [-0.2, 0) is 4.79 Å². The highest BCUT2D eigenvalue weighted by Gasteiger charge is 2.18. The fraction of sp³-hybridized carbons (Fsp3) is 0.529. The standard InChI is InChI=1S/C17H26N2O2/c1-5-6-11-18-16(21)13-9-7-8-10-14(13)19-15(20)12-17(2,3)4/h7-10H,5-6,11-12H2,1-4H3,(H,18,21)(H,19,20). The van der Waals surface area contributed by atoms with Gasteiger partial charge >= 0.3 is 0 Å². The molecule has 4 heteroatoms. The quantitative estimate of drug-likeness (QED) is 0.787. The van der Waals surface area contributed by atoms with Gasteiger partial charge in [0.15, 0.2) is 0 Å². The lowest BCUT2D eigenvalue weighted by Crippen LogP contribution is -2.26. The van der Waals surface area contributed by atoms with Gasteiger partial charge in [-0.15, -0.1) is 0 Å². The number of nitrogens with one attached hydrogen (secondary N) is 2. The van der Waals surface area contributed by atoms with Gasteiger partial charge in [-0.3, -0.25) is 9.59 Å². The molecule has 2 N–H and O–H groups in total. The summed E-state index contributed by atoms with van der Waals surface area (Å²) in [6.07, 6.45) is 2.40. The van der Waals surface area contributed by atoms with Gasteiger partial charge in [0.25, 0.3) is 5.91 Å². The molecule has 0 aliphatic heterocycles. The van der Waals surface area contributed by atoms with Crippen LogP contribution < -0.4 is 10.6 Å². The summed E-state index contributed by atoms with van der Waals surface area (Å²) in [5.41, 5.74) is 0.999. The molecular weight excluding hydrogens is 264 g/mol. The van der Waals surface area contributed by atoms with Crippen LogP contribution in [-0.4, -0.2) is 18.4 Å². The summed E-state index contributed by atoms with van der Waals surface area (Å²) in [4.78, 5) is 24.2. The van der Waals surface area contributed by atoms with E-state index < -0.39 is 0 Å². The zero-order chi connectivity index (χ0) is 15.9. The molecule has 2 amide bonds. The van der Waals surface area contributed by atoms with Gasteiger partial charge in [0, 0.05) is 13.0 Å². The highest BCUT2D eigenvalue weighted by molar-refractivity contribution is 6.03. The SMILES string of the molecule is CCCCNC(=O)c1ccccc1NC(=O)CC(C)(C)C. The highest BCUT2D eigenvalue weighted by Crippen LogP contribution is 2.21. The molecule has 0 spiro atoms. The lowest BCUT2D eigenvalue weighted by Gasteiger charge is -2.18. The number of rotatable bonds is 6. The Morgan fingerprint density at radius 2 is 1.81 bits per heavy atom. The summed E-state index contributed by atoms with van der Waals surface area (Å²) in [5.74, 6) is -0.216. The number of carbonyl (C=O) groups excluding carboxylic acids is 2. The number of amides is 2. The van der Waals surface area contributed by atoms with E-state index >= 15 is 0 Å². The van der Waals surface area contributed by atoms with E-state index in [1.807, 2.05) is 26.8 Å². The van der Waals surface area contributed by atoms with Crippen molar-refractivity contribution in [3.05, 3.63) is 29.8 Å². The number of hydrogen-bond donors (Lipinski definition) is 2. The normalized spacial score (nSPS) is 11.0. The largest absolute Gasteiger partial charge is 0.352 e. The first-order valence-electron chi connectivity index (χ1n) is 7.50. The van der Waals surface area contributed by atoms with Crippen molar-refractivity contribution >= 4 is 17.5 Å². The number of para-hydroxylation sites is 1. The zero-order valence-electron chi connectivity index (χ0n) is 13.5. The number of anilines is 1. The van der Waals surface area contributed by atoms with Crippen molar-refractivity contribution in [2.75, 3.05) is 11.9 Å². The number of unbranched alkanes of at least 4 members (excludes halogenated alkanes) is 1. The van der Waals surface area contributed by atoms with Gasteiger partial charge in [0.2, 0.25) is 5.91 Å². The first-order valence-corrected chi connectivity index (χ1v) is 7.50. The predicted octanol–water partition coefficient (Wildman–Crippen LogP) is 3.59. The molecule has 0 saturated heterocycles. The fourth-order valence-electron chi connectivity index (χ4n) is 1.94. The minimum atomic E-state index is -0.143. The molecule has 1 aromatic carbocycles. The van der Waals surface area contributed by atoms with Crippen molar-refractivity contribution in [3.8, 4) is 0 Å². The van der Waals surface area contributed by atoms with E-state index in [0.29, 0.717) is 24.2 Å². The van der Waals surface area contributed by atoms with Crippen LogP contribution in [0.1, 0.15) is 57.3 Å². The molecule has 0 aliphatic carbocycles. The third kappa shape index (κ3) is 6.43. The smallest absolute Gasteiger partial charge is 0.253 e.